The van der Waals surface area contributed by atoms with E-state index in [9.17, 15) is 4.79 Å². The number of aromatic nitrogens is 2. The predicted octanol–water partition coefficient (Wildman–Crippen LogP) is 4.98. The van der Waals surface area contributed by atoms with E-state index in [0.29, 0.717) is 18.6 Å². The molecule has 0 spiro atoms. The zero-order chi connectivity index (χ0) is 17.2. The maximum absolute atomic E-state index is 11.6. The topological polar surface area (TPSA) is 34.9 Å². The van der Waals surface area contributed by atoms with Crippen LogP contribution < -0.4 is 0 Å². The van der Waals surface area contributed by atoms with Gasteiger partial charge in [-0.3, -0.25) is 4.79 Å². The summed E-state index contributed by atoms with van der Waals surface area (Å²) in [6, 6.07) is 20.8. The van der Waals surface area contributed by atoms with Crippen molar-refractivity contribution in [2.24, 2.45) is 0 Å². The zero-order valence-corrected chi connectivity index (χ0v) is 14.3. The number of ketones is 1. The van der Waals surface area contributed by atoms with Crippen molar-refractivity contribution in [3.63, 3.8) is 0 Å². The van der Waals surface area contributed by atoms with Gasteiger partial charge in [-0.2, -0.15) is 5.10 Å². The van der Waals surface area contributed by atoms with Gasteiger partial charge in [0.2, 0.25) is 0 Å². The van der Waals surface area contributed by atoms with Gasteiger partial charge in [0.25, 0.3) is 0 Å². The van der Waals surface area contributed by atoms with Crippen LogP contribution in [-0.2, 0) is 4.79 Å². The Bertz CT molecular complexity index is 951. The van der Waals surface area contributed by atoms with Gasteiger partial charge < -0.3 is 0 Å². The highest BCUT2D eigenvalue weighted by Crippen LogP contribution is 2.32. The number of rotatable bonds is 3. The first-order chi connectivity index (χ1) is 12.2. The molecule has 1 heterocycles. The molecule has 0 N–H and O–H groups in total. The van der Waals surface area contributed by atoms with Gasteiger partial charge in [-0.1, -0.05) is 54.6 Å². The number of carbonyl (C=O) groups is 1. The van der Waals surface area contributed by atoms with Gasteiger partial charge in [-0.15, -0.1) is 0 Å². The third kappa shape index (κ3) is 3.05. The van der Waals surface area contributed by atoms with Crippen LogP contribution in [0.3, 0.4) is 0 Å². The van der Waals surface area contributed by atoms with Gasteiger partial charge in [0.1, 0.15) is 5.78 Å². The first-order valence-electron chi connectivity index (χ1n) is 8.65. The summed E-state index contributed by atoms with van der Waals surface area (Å²) in [7, 11) is 0. The molecule has 0 bridgehead atoms. The highest BCUT2D eigenvalue weighted by atomic mass is 16.1. The largest absolute Gasteiger partial charge is 0.299 e. The molecular formula is C22H20N2O. The molecule has 1 aliphatic carbocycles. The minimum absolute atomic E-state index is 0.320. The Morgan fingerprint density at radius 2 is 1.72 bits per heavy atom. The van der Waals surface area contributed by atoms with E-state index >= 15 is 0 Å². The Hall–Kier alpha value is -2.94. The number of para-hydroxylation sites is 1. The van der Waals surface area contributed by atoms with Crippen molar-refractivity contribution in [1.29, 1.82) is 0 Å². The van der Waals surface area contributed by atoms with Crippen molar-refractivity contribution in [2.75, 3.05) is 0 Å². The normalized spacial score (nSPS) is 14.4. The van der Waals surface area contributed by atoms with Crippen molar-refractivity contribution in [2.45, 2.75) is 26.2 Å². The van der Waals surface area contributed by atoms with Crippen LogP contribution in [0.15, 0.2) is 66.7 Å². The molecule has 0 unspecified atom stereocenters. The van der Waals surface area contributed by atoms with E-state index in [1.165, 1.54) is 5.57 Å². The number of nitrogens with zero attached hydrogens (tertiary/aromatic N) is 2. The highest BCUT2D eigenvalue weighted by Gasteiger charge is 2.17. The number of carbonyl (C=O) groups excluding carboxylic acids is 1. The lowest BCUT2D eigenvalue weighted by atomic mass is 9.92. The Labute approximate surface area is 147 Å². The van der Waals surface area contributed by atoms with E-state index < -0.39 is 0 Å². The summed E-state index contributed by atoms with van der Waals surface area (Å²) in [4.78, 5) is 11.6. The molecule has 2 aromatic carbocycles. The third-order valence-corrected chi connectivity index (χ3v) is 4.63. The minimum atomic E-state index is 0.320. The third-order valence-electron chi connectivity index (χ3n) is 4.63. The molecule has 1 aliphatic rings. The number of hydrogen-bond acceptors (Lipinski definition) is 2. The van der Waals surface area contributed by atoms with Gasteiger partial charge >= 0.3 is 0 Å². The van der Waals surface area contributed by atoms with Gasteiger partial charge in [-0.05, 0) is 31.1 Å². The van der Waals surface area contributed by atoms with Crippen molar-refractivity contribution >= 4 is 11.4 Å². The Morgan fingerprint density at radius 3 is 2.48 bits per heavy atom. The van der Waals surface area contributed by atoms with Crippen molar-refractivity contribution in [1.82, 2.24) is 9.78 Å². The molecule has 0 radical (unpaired) electrons. The lowest BCUT2D eigenvalue weighted by Gasteiger charge is -2.17. The lowest BCUT2D eigenvalue weighted by molar-refractivity contribution is -0.118. The maximum atomic E-state index is 11.6. The van der Waals surface area contributed by atoms with Crippen LogP contribution in [0.4, 0.5) is 0 Å². The monoisotopic (exact) mass is 328 g/mol. The van der Waals surface area contributed by atoms with Crippen LogP contribution in [0.2, 0.25) is 0 Å². The molecule has 0 amide bonds. The van der Waals surface area contributed by atoms with E-state index in [4.69, 9.17) is 5.10 Å². The second kappa shape index (κ2) is 6.52. The average Bonchev–Trinajstić information content (AvgIpc) is 3.05. The molecule has 3 aromatic rings. The van der Waals surface area contributed by atoms with E-state index in [0.717, 1.165) is 34.6 Å². The van der Waals surface area contributed by atoms with E-state index in [2.05, 4.69) is 42.5 Å². The molecule has 124 valence electrons. The second-order valence-corrected chi connectivity index (χ2v) is 6.44. The van der Waals surface area contributed by atoms with Crippen LogP contribution in [-0.4, -0.2) is 15.6 Å². The molecule has 1 aromatic heterocycles. The molecule has 0 saturated heterocycles. The standard InChI is InChI=1S/C22H20N2O/c1-16-15-22(18-7-3-2-4-8-18)24(23-16)21-10-6-5-9-20(21)17-11-13-19(25)14-12-17/h2-11,15H,12-14H2,1H3. The number of aryl methyl sites for hydroxylation is 1. The van der Waals surface area contributed by atoms with Gasteiger partial charge in [0.05, 0.1) is 17.1 Å². The molecule has 0 fully saturated rings. The first kappa shape index (κ1) is 15.6. The minimum Gasteiger partial charge on any atom is -0.299 e. The summed E-state index contributed by atoms with van der Waals surface area (Å²) >= 11 is 0. The average molecular weight is 328 g/mol. The number of benzene rings is 2. The van der Waals surface area contributed by atoms with Gasteiger partial charge in [0, 0.05) is 24.0 Å². The highest BCUT2D eigenvalue weighted by molar-refractivity contribution is 5.88. The Morgan fingerprint density at radius 1 is 0.960 bits per heavy atom. The van der Waals surface area contributed by atoms with Crippen LogP contribution in [0.1, 0.15) is 30.5 Å². The number of hydrogen-bond donors (Lipinski definition) is 0. The molecular weight excluding hydrogens is 308 g/mol. The van der Waals surface area contributed by atoms with Crippen molar-refractivity contribution in [3.05, 3.63) is 78.0 Å². The maximum Gasteiger partial charge on any atom is 0.137 e. The predicted molar refractivity (Wildman–Crippen MR) is 101 cm³/mol. The van der Waals surface area contributed by atoms with E-state index in [1.807, 2.05) is 35.9 Å². The van der Waals surface area contributed by atoms with Crippen molar-refractivity contribution < 1.29 is 4.79 Å². The molecule has 0 aliphatic heterocycles. The van der Waals surface area contributed by atoms with Crippen LogP contribution >= 0.6 is 0 Å². The van der Waals surface area contributed by atoms with Gasteiger partial charge in [-0.25, -0.2) is 4.68 Å². The van der Waals surface area contributed by atoms with Crippen molar-refractivity contribution in [3.8, 4) is 16.9 Å². The number of Topliss-reactive ketones (excluding diaryl/α,β-unsaturated/α-hetero) is 1. The fraction of sp³-hybridized carbons (Fsp3) is 0.182. The Balaban J connectivity index is 1.86. The summed E-state index contributed by atoms with van der Waals surface area (Å²) in [6.07, 6.45) is 4.04. The molecule has 4 rings (SSSR count). The Kier molecular flexibility index (Phi) is 4.06. The summed E-state index contributed by atoms with van der Waals surface area (Å²) < 4.78 is 2.03. The lowest BCUT2D eigenvalue weighted by Crippen LogP contribution is -2.07. The molecule has 25 heavy (non-hydrogen) atoms. The van der Waals surface area contributed by atoms with Crippen LogP contribution in [0.25, 0.3) is 22.5 Å². The quantitative estimate of drug-likeness (QED) is 0.679. The fourth-order valence-electron chi connectivity index (χ4n) is 3.39. The summed E-state index contributed by atoms with van der Waals surface area (Å²) in [5.74, 6) is 0.320. The SMILES string of the molecule is Cc1cc(-c2ccccc2)n(-c2ccccc2C2=CCC(=O)CC2)n1. The van der Waals surface area contributed by atoms with Crippen LogP contribution in [0, 0.1) is 6.92 Å². The summed E-state index contributed by atoms with van der Waals surface area (Å²) in [6.45, 7) is 2.02. The van der Waals surface area contributed by atoms with E-state index in [1.54, 1.807) is 0 Å². The zero-order valence-electron chi connectivity index (χ0n) is 14.3. The summed E-state index contributed by atoms with van der Waals surface area (Å²) in [5, 5.41) is 4.75. The second-order valence-electron chi connectivity index (χ2n) is 6.44. The van der Waals surface area contributed by atoms with E-state index in [-0.39, 0.29) is 0 Å². The molecule has 0 saturated carbocycles. The molecule has 3 heteroatoms. The summed E-state index contributed by atoms with van der Waals surface area (Å²) in [5.41, 5.74) is 6.68. The fourth-order valence-corrected chi connectivity index (χ4v) is 3.39. The van der Waals surface area contributed by atoms with Crippen LogP contribution in [0.5, 0.6) is 0 Å². The molecule has 0 atom stereocenters. The number of allylic oxidation sites excluding steroid dienone is 2. The molecule has 3 nitrogen and oxygen atoms in total. The first-order valence-corrected chi connectivity index (χ1v) is 8.65. The van der Waals surface area contributed by atoms with Gasteiger partial charge in [0.15, 0.2) is 0 Å². The smallest absolute Gasteiger partial charge is 0.137 e.